The molecule has 5 heteroatoms. The number of halogens is 1. The van der Waals surface area contributed by atoms with Crippen LogP contribution in [0.3, 0.4) is 0 Å². The Labute approximate surface area is 133 Å². The van der Waals surface area contributed by atoms with Crippen molar-refractivity contribution in [2.45, 2.75) is 20.3 Å². The summed E-state index contributed by atoms with van der Waals surface area (Å²) in [5.74, 6) is 0.413. The third kappa shape index (κ3) is 4.56. The molecule has 1 fully saturated rings. The Balaban J connectivity index is 1.87. The zero-order valence-electron chi connectivity index (χ0n) is 12.3. The number of esters is 1. The number of benzene rings is 1. The number of nitrogens with zero attached hydrogens (tertiary/aromatic N) is 1. The molecule has 0 saturated carbocycles. The minimum Gasteiger partial charge on any atom is -0.452 e. The van der Waals surface area contributed by atoms with Crippen LogP contribution in [0.4, 0.5) is 0 Å². The molecular formula is C16H20BrNO3. The van der Waals surface area contributed by atoms with E-state index in [0.717, 1.165) is 24.0 Å². The van der Waals surface area contributed by atoms with Crippen LogP contribution in [0.1, 0.15) is 30.6 Å². The minimum absolute atomic E-state index is 0.114. The second kappa shape index (κ2) is 7.07. The van der Waals surface area contributed by atoms with Crippen molar-refractivity contribution in [3.8, 4) is 0 Å². The quantitative estimate of drug-likeness (QED) is 0.784. The van der Waals surface area contributed by atoms with Gasteiger partial charge in [0.15, 0.2) is 6.61 Å². The van der Waals surface area contributed by atoms with Gasteiger partial charge in [0.25, 0.3) is 5.91 Å². The highest BCUT2D eigenvalue weighted by atomic mass is 79.9. The van der Waals surface area contributed by atoms with Crippen LogP contribution in [0.5, 0.6) is 0 Å². The van der Waals surface area contributed by atoms with Crippen molar-refractivity contribution in [2.75, 3.05) is 19.7 Å². The van der Waals surface area contributed by atoms with Crippen LogP contribution in [-0.2, 0) is 9.53 Å². The molecule has 0 aromatic heterocycles. The van der Waals surface area contributed by atoms with Gasteiger partial charge in [-0.1, -0.05) is 35.8 Å². The summed E-state index contributed by atoms with van der Waals surface area (Å²) in [7, 11) is 0. The van der Waals surface area contributed by atoms with Crippen molar-refractivity contribution in [1.82, 2.24) is 4.90 Å². The molecule has 1 aromatic rings. The van der Waals surface area contributed by atoms with E-state index in [2.05, 4.69) is 29.8 Å². The fraction of sp³-hybridized carbons (Fsp3) is 0.500. The SMILES string of the molecule is CC1CC(C)CN(C(=O)COC(=O)c2cccc(Br)c2)C1. The first kappa shape index (κ1) is 16.0. The van der Waals surface area contributed by atoms with Crippen LogP contribution in [0.25, 0.3) is 0 Å². The van der Waals surface area contributed by atoms with E-state index in [1.54, 1.807) is 23.1 Å². The Bertz CT molecular complexity index is 522. The summed E-state index contributed by atoms with van der Waals surface area (Å²) in [4.78, 5) is 25.8. The Morgan fingerprint density at radius 3 is 2.57 bits per heavy atom. The van der Waals surface area contributed by atoms with E-state index in [4.69, 9.17) is 4.74 Å². The molecule has 1 aliphatic rings. The molecule has 2 atom stereocenters. The van der Waals surface area contributed by atoms with Gasteiger partial charge in [0, 0.05) is 17.6 Å². The molecule has 0 aliphatic carbocycles. The van der Waals surface area contributed by atoms with E-state index in [-0.39, 0.29) is 12.5 Å². The summed E-state index contributed by atoms with van der Waals surface area (Å²) in [5.41, 5.74) is 0.442. The van der Waals surface area contributed by atoms with E-state index < -0.39 is 5.97 Å². The molecular weight excluding hydrogens is 334 g/mol. The number of carbonyl (C=O) groups excluding carboxylic acids is 2. The molecule has 0 radical (unpaired) electrons. The average Bonchev–Trinajstić information content (AvgIpc) is 2.43. The standard InChI is InChI=1S/C16H20BrNO3/c1-11-6-12(2)9-18(8-11)15(19)10-21-16(20)13-4-3-5-14(17)7-13/h3-5,7,11-12H,6,8-10H2,1-2H3. The molecule has 4 nitrogen and oxygen atoms in total. The fourth-order valence-corrected chi connectivity index (χ4v) is 3.18. The zero-order valence-corrected chi connectivity index (χ0v) is 13.9. The summed E-state index contributed by atoms with van der Waals surface area (Å²) in [6, 6.07) is 6.94. The van der Waals surface area contributed by atoms with Gasteiger partial charge in [-0.15, -0.1) is 0 Å². The largest absolute Gasteiger partial charge is 0.452 e. The Morgan fingerprint density at radius 2 is 1.95 bits per heavy atom. The second-order valence-corrected chi connectivity index (χ2v) is 6.75. The van der Waals surface area contributed by atoms with Gasteiger partial charge in [0.1, 0.15) is 0 Å². The van der Waals surface area contributed by atoms with Gasteiger partial charge >= 0.3 is 5.97 Å². The first-order valence-corrected chi connectivity index (χ1v) is 7.95. The molecule has 1 saturated heterocycles. The van der Waals surface area contributed by atoms with Gasteiger partial charge in [0.2, 0.25) is 0 Å². The highest BCUT2D eigenvalue weighted by Crippen LogP contribution is 2.21. The molecule has 0 N–H and O–H groups in total. The van der Waals surface area contributed by atoms with E-state index in [1.807, 2.05) is 6.07 Å². The van der Waals surface area contributed by atoms with E-state index in [0.29, 0.717) is 17.4 Å². The van der Waals surface area contributed by atoms with Gasteiger partial charge in [0.05, 0.1) is 5.56 Å². The lowest BCUT2D eigenvalue weighted by atomic mass is 9.92. The number of amides is 1. The number of ether oxygens (including phenoxy) is 1. The molecule has 2 rings (SSSR count). The van der Waals surface area contributed by atoms with Gasteiger partial charge < -0.3 is 9.64 Å². The summed E-state index contributed by atoms with van der Waals surface area (Å²) in [5, 5.41) is 0. The zero-order chi connectivity index (χ0) is 15.4. The number of rotatable bonds is 3. The maximum absolute atomic E-state index is 12.1. The number of piperidine rings is 1. The number of carbonyl (C=O) groups is 2. The van der Waals surface area contributed by atoms with Gasteiger partial charge in [-0.3, -0.25) is 4.79 Å². The predicted octanol–water partition coefficient (Wildman–Crippen LogP) is 3.11. The van der Waals surface area contributed by atoms with Gasteiger partial charge in [-0.05, 0) is 36.5 Å². The number of likely N-dealkylation sites (tertiary alicyclic amines) is 1. The molecule has 1 heterocycles. The topological polar surface area (TPSA) is 46.6 Å². The van der Waals surface area contributed by atoms with Crippen LogP contribution in [0.2, 0.25) is 0 Å². The second-order valence-electron chi connectivity index (χ2n) is 5.83. The summed E-state index contributed by atoms with van der Waals surface area (Å²) < 4.78 is 5.92. The summed E-state index contributed by atoms with van der Waals surface area (Å²) in [6.07, 6.45) is 1.14. The molecule has 1 aliphatic heterocycles. The maximum atomic E-state index is 12.1. The smallest absolute Gasteiger partial charge is 0.338 e. The molecule has 0 spiro atoms. The van der Waals surface area contributed by atoms with Gasteiger partial charge in [-0.2, -0.15) is 0 Å². The van der Waals surface area contributed by atoms with Crippen LogP contribution >= 0.6 is 15.9 Å². The number of hydrogen-bond acceptors (Lipinski definition) is 3. The van der Waals surface area contributed by atoms with Gasteiger partial charge in [-0.25, -0.2) is 4.79 Å². The Morgan fingerprint density at radius 1 is 1.29 bits per heavy atom. The summed E-state index contributed by atoms with van der Waals surface area (Å²) >= 11 is 3.30. The lowest BCUT2D eigenvalue weighted by molar-refractivity contribution is -0.137. The minimum atomic E-state index is -0.470. The van der Waals surface area contributed by atoms with Crippen molar-refractivity contribution in [3.63, 3.8) is 0 Å². The normalized spacial score (nSPS) is 22.0. The first-order chi connectivity index (χ1) is 9.95. The molecule has 21 heavy (non-hydrogen) atoms. The first-order valence-electron chi connectivity index (χ1n) is 7.16. The fourth-order valence-electron chi connectivity index (χ4n) is 2.78. The molecule has 0 bridgehead atoms. The summed E-state index contributed by atoms with van der Waals surface area (Å²) in [6.45, 7) is 5.59. The molecule has 1 aromatic carbocycles. The lowest BCUT2D eigenvalue weighted by Crippen LogP contribution is -2.44. The highest BCUT2D eigenvalue weighted by molar-refractivity contribution is 9.10. The Hall–Kier alpha value is -1.36. The van der Waals surface area contributed by atoms with E-state index in [1.165, 1.54) is 0 Å². The van der Waals surface area contributed by atoms with Crippen LogP contribution in [-0.4, -0.2) is 36.5 Å². The molecule has 2 unspecified atom stereocenters. The Kier molecular flexibility index (Phi) is 5.39. The highest BCUT2D eigenvalue weighted by Gasteiger charge is 2.26. The molecule has 1 amide bonds. The van der Waals surface area contributed by atoms with Crippen LogP contribution < -0.4 is 0 Å². The third-order valence-electron chi connectivity index (χ3n) is 3.61. The van der Waals surface area contributed by atoms with Crippen molar-refractivity contribution >= 4 is 27.8 Å². The monoisotopic (exact) mass is 353 g/mol. The van der Waals surface area contributed by atoms with Crippen LogP contribution in [0, 0.1) is 11.8 Å². The third-order valence-corrected chi connectivity index (χ3v) is 4.10. The van der Waals surface area contributed by atoms with E-state index >= 15 is 0 Å². The van der Waals surface area contributed by atoms with Crippen molar-refractivity contribution < 1.29 is 14.3 Å². The molecule has 114 valence electrons. The van der Waals surface area contributed by atoms with E-state index in [9.17, 15) is 9.59 Å². The van der Waals surface area contributed by atoms with Crippen molar-refractivity contribution in [3.05, 3.63) is 34.3 Å². The van der Waals surface area contributed by atoms with Crippen LogP contribution in [0.15, 0.2) is 28.7 Å². The predicted molar refractivity (Wildman–Crippen MR) is 83.9 cm³/mol. The van der Waals surface area contributed by atoms with Crippen molar-refractivity contribution in [2.24, 2.45) is 11.8 Å². The lowest BCUT2D eigenvalue weighted by Gasteiger charge is -2.34. The van der Waals surface area contributed by atoms with Crippen molar-refractivity contribution in [1.29, 1.82) is 0 Å². The maximum Gasteiger partial charge on any atom is 0.338 e. The average molecular weight is 354 g/mol. The number of hydrogen-bond donors (Lipinski definition) is 0.